The largest absolute Gasteiger partial charge is 0.480 e. The highest BCUT2D eigenvalue weighted by Gasteiger charge is 2.35. The minimum absolute atomic E-state index is 0.000185. The van der Waals surface area contributed by atoms with Crippen LogP contribution in [0.5, 0.6) is 0 Å². The predicted octanol–water partition coefficient (Wildman–Crippen LogP) is 1.66. The van der Waals surface area contributed by atoms with Gasteiger partial charge in [0.2, 0.25) is 0 Å². The van der Waals surface area contributed by atoms with Crippen molar-refractivity contribution in [3.8, 4) is 0 Å². The molecular formula is C14H19NO3. The van der Waals surface area contributed by atoms with Crippen molar-refractivity contribution in [2.24, 2.45) is 0 Å². The molecule has 0 spiro atoms. The Balaban J connectivity index is 2.22. The minimum Gasteiger partial charge on any atom is -0.480 e. The zero-order chi connectivity index (χ0) is 13.0. The number of nitrogens with zero attached hydrogens (tertiary/aromatic N) is 1. The van der Waals surface area contributed by atoms with E-state index in [1.165, 1.54) is 0 Å². The van der Waals surface area contributed by atoms with E-state index in [2.05, 4.69) is 0 Å². The number of carboxylic acids is 1. The van der Waals surface area contributed by atoms with E-state index >= 15 is 0 Å². The molecule has 4 nitrogen and oxygen atoms in total. The van der Waals surface area contributed by atoms with Crippen molar-refractivity contribution in [3.63, 3.8) is 0 Å². The number of aliphatic hydroxyl groups excluding tert-OH is 1. The molecular weight excluding hydrogens is 230 g/mol. The molecule has 1 aromatic carbocycles. The average molecular weight is 249 g/mol. The van der Waals surface area contributed by atoms with Crippen molar-refractivity contribution < 1.29 is 15.0 Å². The van der Waals surface area contributed by atoms with Crippen molar-refractivity contribution >= 4 is 5.97 Å². The zero-order valence-corrected chi connectivity index (χ0v) is 10.3. The standard InChI is InChI=1S/C14H19NO3/c16-10-8-12(11-5-2-1-3-6-11)15-9-4-7-13(15)14(17)18/h1-3,5-6,12-13,16H,4,7-10H2,(H,17,18)/t12?,13-/m0/s1. The first-order chi connectivity index (χ1) is 8.74. The van der Waals surface area contributed by atoms with Gasteiger partial charge >= 0.3 is 5.97 Å². The summed E-state index contributed by atoms with van der Waals surface area (Å²) >= 11 is 0. The summed E-state index contributed by atoms with van der Waals surface area (Å²) in [6, 6.07) is 9.42. The molecule has 1 aliphatic rings. The molecule has 2 rings (SSSR count). The number of carbonyl (C=O) groups is 1. The van der Waals surface area contributed by atoms with Crippen LogP contribution < -0.4 is 0 Å². The Hall–Kier alpha value is -1.39. The van der Waals surface area contributed by atoms with Crippen LogP contribution in [-0.4, -0.2) is 40.3 Å². The molecule has 0 aromatic heterocycles. The van der Waals surface area contributed by atoms with Gasteiger partial charge in [0, 0.05) is 12.6 Å². The fraction of sp³-hybridized carbons (Fsp3) is 0.500. The van der Waals surface area contributed by atoms with Gasteiger partial charge < -0.3 is 10.2 Å². The van der Waals surface area contributed by atoms with Gasteiger partial charge in [-0.3, -0.25) is 9.69 Å². The summed E-state index contributed by atoms with van der Waals surface area (Å²) in [5.41, 5.74) is 1.08. The number of aliphatic carboxylic acids is 1. The Morgan fingerprint density at radius 3 is 2.72 bits per heavy atom. The molecule has 0 amide bonds. The van der Waals surface area contributed by atoms with Crippen molar-refractivity contribution in [1.29, 1.82) is 0 Å². The predicted molar refractivity (Wildman–Crippen MR) is 68.2 cm³/mol. The van der Waals surface area contributed by atoms with E-state index in [0.29, 0.717) is 12.8 Å². The molecule has 1 saturated heterocycles. The monoisotopic (exact) mass is 249 g/mol. The molecule has 1 aromatic rings. The van der Waals surface area contributed by atoms with Crippen LogP contribution in [0.15, 0.2) is 30.3 Å². The number of benzene rings is 1. The fourth-order valence-electron chi connectivity index (χ4n) is 2.75. The maximum Gasteiger partial charge on any atom is 0.320 e. The van der Waals surface area contributed by atoms with Gasteiger partial charge in [-0.1, -0.05) is 30.3 Å². The van der Waals surface area contributed by atoms with E-state index in [9.17, 15) is 15.0 Å². The Bertz CT molecular complexity index is 393. The highest BCUT2D eigenvalue weighted by molar-refractivity contribution is 5.73. The van der Waals surface area contributed by atoms with Gasteiger partial charge in [-0.05, 0) is 31.4 Å². The van der Waals surface area contributed by atoms with Crippen LogP contribution in [0, 0.1) is 0 Å². The number of aliphatic hydroxyl groups is 1. The lowest BCUT2D eigenvalue weighted by Gasteiger charge is -2.31. The smallest absolute Gasteiger partial charge is 0.320 e. The summed E-state index contributed by atoms with van der Waals surface area (Å²) in [5.74, 6) is -0.758. The summed E-state index contributed by atoms with van der Waals surface area (Å²) in [6.45, 7) is 0.860. The van der Waals surface area contributed by atoms with Gasteiger partial charge in [0.05, 0.1) is 0 Å². The van der Waals surface area contributed by atoms with Crippen LogP contribution in [0.3, 0.4) is 0 Å². The molecule has 0 radical (unpaired) electrons. The van der Waals surface area contributed by atoms with Crippen LogP contribution >= 0.6 is 0 Å². The molecule has 1 unspecified atom stereocenters. The van der Waals surface area contributed by atoms with E-state index in [0.717, 1.165) is 18.5 Å². The molecule has 1 fully saturated rings. The molecule has 0 bridgehead atoms. The van der Waals surface area contributed by atoms with E-state index in [1.54, 1.807) is 0 Å². The van der Waals surface area contributed by atoms with E-state index in [-0.39, 0.29) is 12.6 Å². The molecule has 2 atom stereocenters. The van der Waals surface area contributed by atoms with Crippen molar-refractivity contribution in [2.45, 2.75) is 31.3 Å². The second kappa shape index (κ2) is 5.98. The van der Waals surface area contributed by atoms with Crippen molar-refractivity contribution in [1.82, 2.24) is 4.90 Å². The average Bonchev–Trinajstić information content (AvgIpc) is 2.86. The molecule has 18 heavy (non-hydrogen) atoms. The van der Waals surface area contributed by atoms with Gasteiger partial charge in [-0.15, -0.1) is 0 Å². The lowest BCUT2D eigenvalue weighted by atomic mass is 10.0. The first-order valence-electron chi connectivity index (χ1n) is 6.38. The van der Waals surface area contributed by atoms with Crippen molar-refractivity contribution in [2.75, 3.05) is 13.2 Å². The van der Waals surface area contributed by atoms with Crippen molar-refractivity contribution in [3.05, 3.63) is 35.9 Å². The van der Waals surface area contributed by atoms with E-state index in [1.807, 2.05) is 35.2 Å². The molecule has 1 aliphatic heterocycles. The second-order valence-electron chi connectivity index (χ2n) is 4.67. The summed E-state index contributed by atoms with van der Waals surface area (Å²) in [4.78, 5) is 13.3. The van der Waals surface area contributed by atoms with Gasteiger partial charge in [0.15, 0.2) is 0 Å². The van der Waals surface area contributed by atoms with Gasteiger partial charge in [-0.25, -0.2) is 0 Å². The van der Waals surface area contributed by atoms with Gasteiger partial charge in [0.25, 0.3) is 0 Å². The highest BCUT2D eigenvalue weighted by atomic mass is 16.4. The van der Waals surface area contributed by atoms with Gasteiger partial charge in [0.1, 0.15) is 6.04 Å². The maximum absolute atomic E-state index is 11.2. The number of hydrogen-bond acceptors (Lipinski definition) is 3. The Morgan fingerprint density at radius 1 is 1.39 bits per heavy atom. The first kappa shape index (κ1) is 13.1. The lowest BCUT2D eigenvalue weighted by Crippen LogP contribution is -2.39. The molecule has 2 N–H and O–H groups in total. The number of hydrogen-bond donors (Lipinski definition) is 2. The third-order valence-corrected chi connectivity index (χ3v) is 3.57. The van der Waals surface area contributed by atoms with Gasteiger partial charge in [-0.2, -0.15) is 0 Å². The molecule has 4 heteroatoms. The van der Waals surface area contributed by atoms with Crippen LogP contribution in [0.2, 0.25) is 0 Å². The number of carboxylic acid groups (broad SMARTS) is 1. The van der Waals surface area contributed by atoms with E-state index in [4.69, 9.17) is 0 Å². The molecule has 98 valence electrons. The third-order valence-electron chi connectivity index (χ3n) is 3.57. The normalized spacial score (nSPS) is 21.9. The molecule has 0 saturated carbocycles. The summed E-state index contributed by atoms with van der Waals surface area (Å²) < 4.78 is 0. The molecule has 1 heterocycles. The Morgan fingerprint density at radius 2 is 2.11 bits per heavy atom. The Kier molecular flexibility index (Phi) is 4.33. The SMILES string of the molecule is O=C(O)[C@@H]1CCCN1C(CCO)c1ccccc1. The summed E-state index contributed by atoms with van der Waals surface area (Å²) in [6.07, 6.45) is 2.18. The zero-order valence-electron chi connectivity index (χ0n) is 10.3. The minimum atomic E-state index is -0.758. The third kappa shape index (κ3) is 2.71. The topological polar surface area (TPSA) is 60.8 Å². The quantitative estimate of drug-likeness (QED) is 0.833. The number of likely N-dealkylation sites (tertiary alicyclic amines) is 1. The molecule has 0 aliphatic carbocycles. The number of rotatable bonds is 5. The fourth-order valence-corrected chi connectivity index (χ4v) is 2.75. The van der Waals surface area contributed by atoms with Crippen LogP contribution in [0.4, 0.5) is 0 Å². The summed E-state index contributed by atoms with van der Waals surface area (Å²) in [5, 5.41) is 18.5. The van der Waals surface area contributed by atoms with Crippen LogP contribution in [0.25, 0.3) is 0 Å². The van der Waals surface area contributed by atoms with Crippen LogP contribution in [-0.2, 0) is 4.79 Å². The second-order valence-corrected chi connectivity index (χ2v) is 4.67. The summed E-state index contributed by atoms with van der Waals surface area (Å²) in [7, 11) is 0. The first-order valence-corrected chi connectivity index (χ1v) is 6.38. The highest BCUT2D eigenvalue weighted by Crippen LogP contribution is 2.31. The lowest BCUT2D eigenvalue weighted by molar-refractivity contribution is -0.143. The Labute approximate surface area is 107 Å². The van der Waals surface area contributed by atoms with E-state index < -0.39 is 12.0 Å². The van der Waals surface area contributed by atoms with Crippen LogP contribution in [0.1, 0.15) is 30.9 Å². The maximum atomic E-state index is 11.2.